The second kappa shape index (κ2) is 7.55. The van der Waals surface area contributed by atoms with Gasteiger partial charge in [0.15, 0.2) is 6.10 Å². The predicted octanol–water partition coefficient (Wildman–Crippen LogP) is 5.82. The number of amides is 1. The first-order chi connectivity index (χ1) is 10.4. The smallest absolute Gasteiger partial charge is 0.265 e. The number of anilines is 1. The van der Waals surface area contributed by atoms with Crippen LogP contribution >= 0.6 is 50.7 Å². The van der Waals surface area contributed by atoms with Crippen LogP contribution < -0.4 is 10.1 Å². The summed E-state index contributed by atoms with van der Waals surface area (Å²) in [5.74, 6) is 0.224. The fraction of sp³-hybridized carbons (Fsp3) is 0.133. The molecule has 0 fully saturated rings. The van der Waals surface area contributed by atoms with Gasteiger partial charge >= 0.3 is 0 Å². The van der Waals surface area contributed by atoms with Crippen molar-refractivity contribution >= 4 is 62.3 Å². The molecule has 2 rings (SSSR count). The number of hydrogen-bond donors (Lipinski definition) is 1. The molecule has 0 aliphatic rings. The van der Waals surface area contributed by atoms with Crippen LogP contribution in [0.2, 0.25) is 15.1 Å². The molecule has 0 aromatic heterocycles. The lowest BCUT2D eigenvalue weighted by atomic mass is 10.3. The number of benzene rings is 2. The van der Waals surface area contributed by atoms with Crippen molar-refractivity contribution in [1.29, 1.82) is 0 Å². The van der Waals surface area contributed by atoms with E-state index in [9.17, 15) is 4.79 Å². The highest BCUT2D eigenvalue weighted by Crippen LogP contribution is 2.29. The Morgan fingerprint density at radius 1 is 1.14 bits per heavy atom. The first-order valence-electron chi connectivity index (χ1n) is 6.24. The Morgan fingerprint density at radius 2 is 1.86 bits per heavy atom. The van der Waals surface area contributed by atoms with Crippen molar-refractivity contribution in [3.05, 3.63) is 55.9 Å². The van der Waals surface area contributed by atoms with Crippen molar-refractivity contribution in [1.82, 2.24) is 0 Å². The average molecular weight is 424 g/mol. The summed E-state index contributed by atoms with van der Waals surface area (Å²) in [6.45, 7) is 1.65. The summed E-state index contributed by atoms with van der Waals surface area (Å²) in [7, 11) is 0. The van der Waals surface area contributed by atoms with E-state index in [2.05, 4.69) is 21.2 Å². The highest BCUT2D eigenvalue weighted by Gasteiger charge is 2.16. The van der Waals surface area contributed by atoms with Crippen LogP contribution in [0.4, 0.5) is 5.69 Å². The molecular formula is C15H11BrCl3NO2. The molecule has 0 radical (unpaired) electrons. The molecule has 0 aliphatic heterocycles. The van der Waals surface area contributed by atoms with Gasteiger partial charge in [-0.1, -0.05) is 34.8 Å². The normalized spacial score (nSPS) is 11.9. The van der Waals surface area contributed by atoms with Crippen LogP contribution in [-0.4, -0.2) is 12.0 Å². The standard InChI is InChI=1S/C15H11BrCl3NO2/c1-8(22-14-5-2-9(17)6-11(14)16)15(21)20-10-3-4-12(18)13(19)7-10/h2-8H,1H3,(H,20,21). The first kappa shape index (κ1) is 17.4. The Labute approximate surface area is 151 Å². The van der Waals surface area contributed by atoms with E-state index in [4.69, 9.17) is 39.5 Å². The maximum Gasteiger partial charge on any atom is 0.265 e. The molecule has 0 bridgehead atoms. The highest BCUT2D eigenvalue weighted by molar-refractivity contribution is 9.10. The monoisotopic (exact) mass is 421 g/mol. The molecule has 7 heteroatoms. The van der Waals surface area contributed by atoms with E-state index < -0.39 is 6.10 Å². The first-order valence-corrected chi connectivity index (χ1v) is 8.17. The van der Waals surface area contributed by atoms with E-state index in [-0.39, 0.29) is 5.91 Å². The van der Waals surface area contributed by atoms with Crippen LogP contribution in [0, 0.1) is 0 Å². The minimum absolute atomic E-state index is 0.305. The number of nitrogens with one attached hydrogen (secondary N) is 1. The Bertz CT molecular complexity index is 709. The maximum atomic E-state index is 12.1. The number of hydrogen-bond acceptors (Lipinski definition) is 2. The summed E-state index contributed by atoms with van der Waals surface area (Å²) in [5.41, 5.74) is 0.546. The van der Waals surface area contributed by atoms with Gasteiger partial charge in [-0.25, -0.2) is 0 Å². The third-order valence-corrected chi connectivity index (χ3v) is 4.35. The van der Waals surface area contributed by atoms with Crippen LogP contribution in [0.3, 0.4) is 0 Å². The third kappa shape index (κ3) is 4.53. The lowest BCUT2D eigenvalue weighted by Gasteiger charge is -2.16. The van der Waals surface area contributed by atoms with Crippen LogP contribution in [0.1, 0.15) is 6.92 Å². The molecule has 0 spiro atoms. The van der Waals surface area contributed by atoms with E-state index in [1.54, 1.807) is 43.3 Å². The zero-order valence-corrected chi connectivity index (χ0v) is 15.2. The molecule has 2 aromatic carbocycles. The molecule has 1 N–H and O–H groups in total. The number of carbonyl (C=O) groups excluding carboxylic acids is 1. The van der Waals surface area contributed by atoms with E-state index >= 15 is 0 Å². The van der Waals surface area contributed by atoms with Gasteiger partial charge < -0.3 is 10.1 Å². The molecule has 22 heavy (non-hydrogen) atoms. The summed E-state index contributed by atoms with van der Waals surface area (Å²) >= 11 is 20.9. The lowest BCUT2D eigenvalue weighted by Crippen LogP contribution is -2.30. The number of rotatable bonds is 4. The Hall–Kier alpha value is -0.940. The Balaban J connectivity index is 2.04. The van der Waals surface area contributed by atoms with Gasteiger partial charge in [-0.2, -0.15) is 0 Å². The van der Waals surface area contributed by atoms with Crippen molar-refractivity contribution in [2.45, 2.75) is 13.0 Å². The van der Waals surface area contributed by atoms with Crippen molar-refractivity contribution in [3.8, 4) is 5.75 Å². The van der Waals surface area contributed by atoms with E-state index in [0.717, 1.165) is 0 Å². The van der Waals surface area contributed by atoms with Crippen molar-refractivity contribution in [2.24, 2.45) is 0 Å². The molecule has 116 valence electrons. The number of carbonyl (C=O) groups is 1. The van der Waals surface area contributed by atoms with Gasteiger partial charge in [0.1, 0.15) is 5.75 Å². The number of ether oxygens (including phenoxy) is 1. The second-order valence-electron chi connectivity index (χ2n) is 4.45. The number of halogens is 4. The summed E-state index contributed by atoms with van der Waals surface area (Å²) in [4.78, 5) is 12.1. The van der Waals surface area contributed by atoms with Crippen molar-refractivity contribution in [2.75, 3.05) is 5.32 Å². The Kier molecular flexibility index (Phi) is 5.98. The summed E-state index contributed by atoms with van der Waals surface area (Å²) in [6, 6.07) is 9.92. The average Bonchev–Trinajstić information content (AvgIpc) is 2.45. The van der Waals surface area contributed by atoms with Crippen LogP contribution in [-0.2, 0) is 4.79 Å². The van der Waals surface area contributed by atoms with Crippen LogP contribution in [0.25, 0.3) is 0 Å². The van der Waals surface area contributed by atoms with E-state index in [1.807, 2.05) is 0 Å². The minimum atomic E-state index is -0.702. The molecule has 3 nitrogen and oxygen atoms in total. The second-order valence-corrected chi connectivity index (χ2v) is 6.56. The van der Waals surface area contributed by atoms with Crippen LogP contribution in [0.15, 0.2) is 40.9 Å². The van der Waals surface area contributed by atoms with Gasteiger partial charge in [0.05, 0.1) is 14.5 Å². The zero-order valence-electron chi connectivity index (χ0n) is 11.4. The zero-order chi connectivity index (χ0) is 16.3. The highest BCUT2D eigenvalue weighted by atomic mass is 79.9. The molecule has 0 saturated carbocycles. The molecule has 2 aromatic rings. The fourth-order valence-corrected chi connectivity index (χ4v) is 2.71. The molecule has 0 heterocycles. The quantitative estimate of drug-likeness (QED) is 0.673. The van der Waals surface area contributed by atoms with Crippen molar-refractivity contribution < 1.29 is 9.53 Å². The van der Waals surface area contributed by atoms with Crippen LogP contribution in [0.5, 0.6) is 5.75 Å². The van der Waals surface area contributed by atoms with Crippen molar-refractivity contribution in [3.63, 3.8) is 0 Å². The molecule has 1 atom stereocenters. The van der Waals surface area contributed by atoms with E-state index in [1.165, 1.54) is 0 Å². The topological polar surface area (TPSA) is 38.3 Å². The minimum Gasteiger partial charge on any atom is -0.480 e. The van der Waals surface area contributed by atoms with Gasteiger partial charge in [-0.05, 0) is 59.3 Å². The Morgan fingerprint density at radius 3 is 2.50 bits per heavy atom. The van der Waals surface area contributed by atoms with E-state index in [0.29, 0.717) is 31.0 Å². The molecule has 0 saturated heterocycles. The largest absolute Gasteiger partial charge is 0.480 e. The SMILES string of the molecule is CC(Oc1ccc(Cl)cc1Br)C(=O)Nc1ccc(Cl)c(Cl)c1. The molecule has 0 aliphatic carbocycles. The lowest BCUT2D eigenvalue weighted by molar-refractivity contribution is -0.122. The van der Waals surface area contributed by atoms with Gasteiger partial charge in [0.2, 0.25) is 0 Å². The van der Waals surface area contributed by atoms with Gasteiger partial charge in [0.25, 0.3) is 5.91 Å². The maximum absolute atomic E-state index is 12.1. The van der Waals surface area contributed by atoms with Gasteiger partial charge in [0, 0.05) is 10.7 Å². The summed E-state index contributed by atoms with van der Waals surface area (Å²) in [6.07, 6.45) is -0.702. The van der Waals surface area contributed by atoms with Gasteiger partial charge in [-0.3, -0.25) is 4.79 Å². The summed E-state index contributed by atoms with van der Waals surface area (Å²) < 4.78 is 6.29. The summed E-state index contributed by atoms with van der Waals surface area (Å²) in [5, 5.41) is 4.08. The third-order valence-electron chi connectivity index (χ3n) is 2.75. The molecular weight excluding hydrogens is 412 g/mol. The fourth-order valence-electron chi connectivity index (χ4n) is 1.63. The predicted molar refractivity (Wildman–Crippen MR) is 94.3 cm³/mol. The molecule has 1 amide bonds. The van der Waals surface area contributed by atoms with Gasteiger partial charge in [-0.15, -0.1) is 0 Å². The molecule has 1 unspecified atom stereocenters.